The van der Waals surface area contributed by atoms with E-state index < -0.39 is 0 Å². The van der Waals surface area contributed by atoms with E-state index in [0.717, 1.165) is 37.8 Å². The average Bonchev–Trinajstić information content (AvgIpc) is 3.44. The van der Waals surface area contributed by atoms with Gasteiger partial charge in [0.05, 0.1) is 19.4 Å². The second-order valence-corrected chi connectivity index (χ2v) is 6.58. The number of rotatable bonds is 11. The van der Waals surface area contributed by atoms with Crippen LogP contribution in [0.4, 0.5) is 0 Å². The molecule has 0 spiro atoms. The van der Waals surface area contributed by atoms with Gasteiger partial charge in [-0.05, 0) is 42.7 Å². The van der Waals surface area contributed by atoms with Crippen LogP contribution in [0.2, 0.25) is 0 Å². The summed E-state index contributed by atoms with van der Waals surface area (Å²) in [6.07, 6.45) is 6.32. The molecule has 0 saturated carbocycles. The number of benzene rings is 1. The van der Waals surface area contributed by atoms with Gasteiger partial charge in [-0.2, -0.15) is 5.10 Å². The van der Waals surface area contributed by atoms with E-state index in [4.69, 9.17) is 14.1 Å². The lowest BCUT2D eigenvalue weighted by Gasteiger charge is -2.12. The minimum absolute atomic E-state index is 0. The van der Waals surface area contributed by atoms with Crippen molar-refractivity contribution in [3.05, 3.63) is 78.0 Å². The number of halogens is 1. The third kappa shape index (κ3) is 8.19. The molecular formula is C22H30IN5O2. The monoisotopic (exact) mass is 523 g/mol. The van der Waals surface area contributed by atoms with Crippen molar-refractivity contribution in [3.63, 3.8) is 0 Å². The van der Waals surface area contributed by atoms with E-state index in [2.05, 4.69) is 40.9 Å². The van der Waals surface area contributed by atoms with Crippen molar-refractivity contribution < 1.29 is 9.15 Å². The predicted molar refractivity (Wildman–Crippen MR) is 129 cm³/mol. The molecule has 2 heterocycles. The highest BCUT2D eigenvalue weighted by Gasteiger charge is 2.04. The minimum atomic E-state index is 0. The molecule has 0 aliphatic carbocycles. The van der Waals surface area contributed by atoms with Crippen LogP contribution in [0.3, 0.4) is 0 Å². The topological polar surface area (TPSA) is 76.6 Å². The van der Waals surface area contributed by atoms with E-state index in [9.17, 15) is 0 Å². The maximum Gasteiger partial charge on any atom is 0.191 e. The number of guanidine groups is 1. The average molecular weight is 523 g/mol. The first-order chi connectivity index (χ1) is 14.3. The van der Waals surface area contributed by atoms with E-state index in [1.807, 2.05) is 35.1 Å². The Morgan fingerprint density at radius 1 is 1.13 bits per heavy atom. The normalized spacial score (nSPS) is 11.2. The molecule has 1 aromatic carbocycles. The fourth-order valence-corrected chi connectivity index (χ4v) is 2.89. The van der Waals surface area contributed by atoms with E-state index in [-0.39, 0.29) is 24.0 Å². The third-order valence-electron chi connectivity index (χ3n) is 4.34. The van der Waals surface area contributed by atoms with Gasteiger partial charge in [0, 0.05) is 32.1 Å². The van der Waals surface area contributed by atoms with Gasteiger partial charge in [-0.25, -0.2) is 4.99 Å². The first-order valence-electron chi connectivity index (χ1n) is 10.0. The summed E-state index contributed by atoms with van der Waals surface area (Å²) in [4.78, 5) is 4.74. The summed E-state index contributed by atoms with van der Waals surface area (Å²) in [5.41, 5.74) is 2.42. The largest absolute Gasteiger partial charge is 0.467 e. The van der Waals surface area contributed by atoms with Gasteiger partial charge in [0.1, 0.15) is 12.4 Å². The molecular weight excluding hydrogens is 493 g/mol. The summed E-state index contributed by atoms with van der Waals surface area (Å²) in [7, 11) is 0. The number of furan rings is 1. The molecule has 8 heteroatoms. The molecule has 0 amide bonds. The predicted octanol–water partition coefficient (Wildman–Crippen LogP) is 3.80. The maximum absolute atomic E-state index is 5.61. The van der Waals surface area contributed by atoms with Gasteiger partial charge in [0.25, 0.3) is 0 Å². The second kappa shape index (κ2) is 13.8. The van der Waals surface area contributed by atoms with Crippen LogP contribution in [-0.4, -0.2) is 35.4 Å². The van der Waals surface area contributed by atoms with Crippen LogP contribution >= 0.6 is 24.0 Å². The van der Waals surface area contributed by atoms with Crippen molar-refractivity contribution in [3.8, 4) is 0 Å². The fourth-order valence-electron chi connectivity index (χ4n) is 2.89. The highest BCUT2D eigenvalue weighted by molar-refractivity contribution is 14.0. The van der Waals surface area contributed by atoms with E-state index in [1.165, 1.54) is 11.1 Å². The number of aromatic nitrogens is 2. The molecule has 162 valence electrons. The van der Waals surface area contributed by atoms with E-state index in [0.29, 0.717) is 19.8 Å². The summed E-state index contributed by atoms with van der Waals surface area (Å²) in [5, 5.41) is 11.0. The summed E-state index contributed by atoms with van der Waals surface area (Å²) >= 11 is 0. The zero-order valence-corrected chi connectivity index (χ0v) is 19.6. The number of ether oxygens (including phenoxy) is 1. The Morgan fingerprint density at radius 2 is 2.00 bits per heavy atom. The van der Waals surface area contributed by atoms with Crippen molar-refractivity contribution >= 4 is 29.9 Å². The summed E-state index contributed by atoms with van der Waals surface area (Å²) in [6.45, 7) is 6.20. The molecule has 0 unspecified atom stereocenters. The van der Waals surface area contributed by atoms with Gasteiger partial charge in [-0.15, -0.1) is 24.0 Å². The van der Waals surface area contributed by atoms with Gasteiger partial charge >= 0.3 is 0 Å². The molecule has 3 rings (SSSR count). The van der Waals surface area contributed by atoms with Gasteiger partial charge in [0.15, 0.2) is 5.96 Å². The maximum atomic E-state index is 5.61. The zero-order valence-electron chi connectivity index (χ0n) is 17.3. The SMILES string of the molecule is CCNC(=NCc1ccccc1Cn1cccn1)NCCCOCc1ccco1.I. The van der Waals surface area contributed by atoms with Crippen LogP contribution in [0, 0.1) is 0 Å². The third-order valence-corrected chi connectivity index (χ3v) is 4.34. The van der Waals surface area contributed by atoms with Gasteiger partial charge in [-0.3, -0.25) is 4.68 Å². The van der Waals surface area contributed by atoms with Crippen LogP contribution in [0.5, 0.6) is 0 Å². The Hall–Kier alpha value is -2.33. The molecule has 30 heavy (non-hydrogen) atoms. The summed E-state index contributed by atoms with van der Waals surface area (Å²) in [5.74, 6) is 1.66. The van der Waals surface area contributed by atoms with Crippen molar-refractivity contribution in [2.45, 2.75) is 33.0 Å². The van der Waals surface area contributed by atoms with Crippen molar-refractivity contribution in [2.75, 3.05) is 19.7 Å². The van der Waals surface area contributed by atoms with Gasteiger partial charge in [-0.1, -0.05) is 24.3 Å². The zero-order chi connectivity index (χ0) is 20.2. The molecule has 3 aromatic rings. The Morgan fingerprint density at radius 3 is 2.73 bits per heavy atom. The Balaban J connectivity index is 0.00000320. The summed E-state index contributed by atoms with van der Waals surface area (Å²) in [6, 6.07) is 14.1. The standard InChI is InChI=1S/C22H29N5O2.HI/c1-2-23-22(24-11-7-14-28-18-21-10-5-15-29-21)25-16-19-8-3-4-9-20(19)17-27-13-6-12-26-27;/h3-6,8-10,12-13,15H,2,7,11,14,16-18H2,1H3,(H2,23,24,25);1H. The second-order valence-electron chi connectivity index (χ2n) is 6.58. The molecule has 0 fully saturated rings. The number of hydrogen-bond donors (Lipinski definition) is 2. The lowest BCUT2D eigenvalue weighted by atomic mass is 10.1. The minimum Gasteiger partial charge on any atom is -0.467 e. The first kappa shape index (κ1) is 23.9. The quantitative estimate of drug-likeness (QED) is 0.173. The molecule has 2 N–H and O–H groups in total. The first-order valence-corrected chi connectivity index (χ1v) is 10.0. The Labute approximate surface area is 194 Å². The van der Waals surface area contributed by atoms with Gasteiger partial charge < -0.3 is 19.8 Å². The number of aliphatic imine (C=N–C) groups is 1. The van der Waals surface area contributed by atoms with Crippen LogP contribution in [0.15, 0.2) is 70.5 Å². The van der Waals surface area contributed by atoms with Crippen molar-refractivity contribution in [1.82, 2.24) is 20.4 Å². The molecule has 2 aromatic heterocycles. The number of nitrogens with one attached hydrogen (secondary N) is 2. The lowest BCUT2D eigenvalue weighted by Crippen LogP contribution is -2.38. The van der Waals surface area contributed by atoms with Crippen LogP contribution in [0.1, 0.15) is 30.2 Å². The highest BCUT2D eigenvalue weighted by atomic mass is 127. The Kier molecular flexibility index (Phi) is 11.0. The molecule has 7 nitrogen and oxygen atoms in total. The number of nitrogens with zero attached hydrogens (tertiary/aromatic N) is 3. The molecule has 0 atom stereocenters. The lowest BCUT2D eigenvalue weighted by molar-refractivity contribution is 0.105. The van der Waals surface area contributed by atoms with E-state index in [1.54, 1.807) is 12.5 Å². The van der Waals surface area contributed by atoms with Crippen LogP contribution in [-0.2, 0) is 24.4 Å². The highest BCUT2D eigenvalue weighted by Crippen LogP contribution is 2.11. The molecule has 0 saturated heterocycles. The van der Waals surface area contributed by atoms with E-state index >= 15 is 0 Å². The molecule has 0 aliphatic heterocycles. The van der Waals surface area contributed by atoms with Gasteiger partial charge in [0.2, 0.25) is 0 Å². The van der Waals surface area contributed by atoms with Crippen LogP contribution in [0.25, 0.3) is 0 Å². The molecule has 0 radical (unpaired) electrons. The molecule has 0 bridgehead atoms. The smallest absolute Gasteiger partial charge is 0.191 e. The number of hydrogen-bond acceptors (Lipinski definition) is 4. The van der Waals surface area contributed by atoms with Crippen molar-refractivity contribution in [2.24, 2.45) is 4.99 Å². The fraction of sp³-hybridized carbons (Fsp3) is 0.364. The Bertz CT molecular complexity index is 850. The molecule has 0 aliphatic rings. The van der Waals surface area contributed by atoms with Crippen LogP contribution < -0.4 is 10.6 Å². The summed E-state index contributed by atoms with van der Waals surface area (Å²) < 4.78 is 12.8. The van der Waals surface area contributed by atoms with Crippen molar-refractivity contribution in [1.29, 1.82) is 0 Å².